The Morgan fingerprint density at radius 2 is 2.17 bits per heavy atom. The third-order valence-electron chi connectivity index (χ3n) is 3.76. The van der Waals surface area contributed by atoms with Gasteiger partial charge in [-0.1, -0.05) is 12.1 Å². The zero-order valence-corrected chi connectivity index (χ0v) is 11.2. The summed E-state index contributed by atoms with van der Waals surface area (Å²) in [6.07, 6.45) is 0.730. The quantitative estimate of drug-likeness (QED) is 0.883. The molecule has 1 heterocycles. The van der Waals surface area contributed by atoms with Crippen LogP contribution in [0.4, 0.5) is 10.1 Å². The van der Waals surface area contributed by atoms with Crippen LogP contribution in [-0.4, -0.2) is 44.2 Å². The first-order chi connectivity index (χ1) is 8.63. The van der Waals surface area contributed by atoms with E-state index in [0.717, 1.165) is 37.3 Å². The van der Waals surface area contributed by atoms with Crippen LogP contribution >= 0.6 is 0 Å². The average Bonchev–Trinajstić information content (AvgIpc) is 2.34. The third-order valence-corrected chi connectivity index (χ3v) is 3.76. The predicted molar refractivity (Wildman–Crippen MR) is 73.5 cm³/mol. The van der Waals surface area contributed by atoms with Gasteiger partial charge in [0.2, 0.25) is 0 Å². The monoisotopic (exact) mass is 251 g/mol. The Balaban J connectivity index is 2.26. The molecular formula is C14H22FN3. The molecule has 1 fully saturated rings. The molecule has 0 radical (unpaired) electrons. The number of hydrogen-bond donors (Lipinski definition) is 1. The molecule has 1 unspecified atom stereocenters. The molecule has 0 amide bonds. The fraction of sp³-hybridized carbons (Fsp3) is 0.571. The lowest BCUT2D eigenvalue weighted by molar-refractivity contribution is 0.233. The molecule has 4 heteroatoms. The number of anilines is 1. The van der Waals surface area contributed by atoms with Crippen LogP contribution in [0.15, 0.2) is 18.2 Å². The van der Waals surface area contributed by atoms with E-state index in [9.17, 15) is 4.39 Å². The number of para-hydroxylation sites is 1. The van der Waals surface area contributed by atoms with Crippen molar-refractivity contribution in [3.8, 4) is 0 Å². The summed E-state index contributed by atoms with van der Waals surface area (Å²) in [6.45, 7) is 5.45. The molecular weight excluding hydrogens is 229 g/mol. The van der Waals surface area contributed by atoms with Crippen molar-refractivity contribution in [1.82, 2.24) is 4.90 Å². The zero-order valence-electron chi connectivity index (χ0n) is 11.2. The molecule has 0 saturated carbocycles. The van der Waals surface area contributed by atoms with E-state index in [4.69, 9.17) is 5.73 Å². The van der Waals surface area contributed by atoms with Crippen LogP contribution in [0.25, 0.3) is 0 Å². The van der Waals surface area contributed by atoms with Crippen molar-refractivity contribution in [2.24, 2.45) is 5.73 Å². The Kier molecular flexibility index (Phi) is 4.19. The van der Waals surface area contributed by atoms with E-state index in [2.05, 4.69) is 23.8 Å². The van der Waals surface area contributed by atoms with Gasteiger partial charge in [-0.05, 0) is 38.6 Å². The van der Waals surface area contributed by atoms with Crippen LogP contribution in [-0.2, 0) is 6.42 Å². The van der Waals surface area contributed by atoms with Crippen LogP contribution in [0, 0.1) is 5.82 Å². The largest absolute Gasteiger partial charge is 0.366 e. The molecule has 2 rings (SSSR count). The van der Waals surface area contributed by atoms with Crippen LogP contribution < -0.4 is 10.6 Å². The number of rotatable bonds is 3. The van der Waals surface area contributed by atoms with Crippen molar-refractivity contribution < 1.29 is 4.39 Å². The molecule has 100 valence electrons. The molecule has 1 aromatic carbocycles. The zero-order chi connectivity index (χ0) is 13.1. The molecule has 0 aliphatic carbocycles. The van der Waals surface area contributed by atoms with Gasteiger partial charge in [0, 0.05) is 25.7 Å². The van der Waals surface area contributed by atoms with E-state index in [1.165, 1.54) is 0 Å². The van der Waals surface area contributed by atoms with E-state index in [-0.39, 0.29) is 5.82 Å². The maximum atomic E-state index is 14.1. The highest BCUT2D eigenvalue weighted by Crippen LogP contribution is 2.26. The maximum Gasteiger partial charge on any atom is 0.146 e. The number of likely N-dealkylation sites (N-methyl/N-ethyl adjacent to an activating group) is 1. The van der Waals surface area contributed by atoms with Crippen molar-refractivity contribution in [3.05, 3.63) is 29.6 Å². The van der Waals surface area contributed by atoms with Crippen molar-refractivity contribution in [2.45, 2.75) is 19.4 Å². The predicted octanol–water partition coefficient (Wildman–Crippen LogP) is 1.47. The second kappa shape index (κ2) is 5.67. The summed E-state index contributed by atoms with van der Waals surface area (Å²) >= 11 is 0. The minimum atomic E-state index is -0.127. The van der Waals surface area contributed by atoms with Gasteiger partial charge in [-0.15, -0.1) is 0 Å². The van der Waals surface area contributed by atoms with Crippen molar-refractivity contribution in [3.63, 3.8) is 0 Å². The van der Waals surface area contributed by atoms with E-state index in [1.807, 2.05) is 6.07 Å². The lowest BCUT2D eigenvalue weighted by Crippen LogP contribution is -2.50. The molecule has 2 N–H and O–H groups in total. The van der Waals surface area contributed by atoms with Gasteiger partial charge in [0.1, 0.15) is 5.82 Å². The molecule has 1 aliphatic rings. The molecule has 0 spiro atoms. The number of nitrogens with two attached hydrogens (primary N) is 1. The lowest BCUT2D eigenvalue weighted by atomic mass is 10.1. The maximum absolute atomic E-state index is 14.1. The molecule has 1 saturated heterocycles. The van der Waals surface area contributed by atoms with Crippen LogP contribution in [0.3, 0.4) is 0 Å². The molecule has 1 aromatic rings. The van der Waals surface area contributed by atoms with Gasteiger partial charge in [0.05, 0.1) is 5.69 Å². The van der Waals surface area contributed by atoms with Gasteiger partial charge in [0.15, 0.2) is 0 Å². The second-order valence-electron chi connectivity index (χ2n) is 5.06. The van der Waals surface area contributed by atoms with E-state index < -0.39 is 0 Å². The van der Waals surface area contributed by atoms with Crippen LogP contribution in [0.1, 0.15) is 12.5 Å². The molecule has 1 aliphatic heterocycles. The van der Waals surface area contributed by atoms with Crippen LogP contribution in [0.5, 0.6) is 0 Å². The first-order valence-electron chi connectivity index (χ1n) is 6.56. The minimum Gasteiger partial charge on any atom is -0.366 e. The first kappa shape index (κ1) is 13.3. The molecule has 0 aromatic heterocycles. The second-order valence-corrected chi connectivity index (χ2v) is 5.06. The lowest BCUT2D eigenvalue weighted by Gasteiger charge is -2.39. The average molecular weight is 251 g/mol. The molecule has 18 heavy (non-hydrogen) atoms. The fourth-order valence-electron chi connectivity index (χ4n) is 2.52. The number of halogens is 1. The van der Waals surface area contributed by atoms with Gasteiger partial charge >= 0.3 is 0 Å². The Labute approximate surface area is 108 Å². The summed E-state index contributed by atoms with van der Waals surface area (Å²) in [7, 11) is 2.12. The van der Waals surface area contributed by atoms with Gasteiger partial charge in [-0.25, -0.2) is 4.39 Å². The topological polar surface area (TPSA) is 32.5 Å². The Morgan fingerprint density at radius 1 is 1.39 bits per heavy atom. The van der Waals surface area contributed by atoms with Gasteiger partial charge < -0.3 is 15.5 Å². The van der Waals surface area contributed by atoms with Crippen molar-refractivity contribution in [1.29, 1.82) is 0 Å². The highest BCUT2D eigenvalue weighted by Gasteiger charge is 2.24. The van der Waals surface area contributed by atoms with Crippen molar-refractivity contribution in [2.75, 3.05) is 38.1 Å². The summed E-state index contributed by atoms with van der Waals surface area (Å²) < 4.78 is 14.1. The Hall–Kier alpha value is -1.13. The summed E-state index contributed by atoms with van der Waals surface area (Å²) in [5.74, 6) is -0.127. The van der Waals surface area contributed by atoms with Gasteiger partial charge in [-0.2, -0.15) is 0 Å². The minimum absolute atomic E-state index is 0.127. The van der Waals surface area contributed by atoms with Crippen LogP contribution in [0.2, 0.25) is 0 Å². The van der Waals surface area contributed by atoms with Crippen molar-refractivity contribution >= 4 is 5.69 Å². The number of benzene rings is 1. The van der Waals surface area contributed by atoms with E-state index >= 15 is 0 Å². The smallest absolute Gasteiger partial charge is 0.146 e. The Morgan fingerprint density at radius 3 is 2.83 bits per heavy atom. The first-order valence-corrected chi connectivity index (χ1v) is 6.56. The number of nitrogens with zero attached hydrogens (tertiary/aromatic N) is 2. The molecule has 3 nitrogen and oxygen atoms in total. The normalized spacial score (nSPS) is 21.3. The SMILES string of the molecule is CC1CN(c2c(F)cccc2CCN)CCN1C. The summed E-state index contributed by atoms with van der Waals surface area (Å²) in [5.41, 5.74) is 7.38. The highest BCUT2D eigenvalue weighted by atomic mass is 19.1. The molecule has 1 atom stereocenters. The Bertz CT molecular complexity index is 408. The summed E-state index contributed by atoms with van der Waals surface area (Å²) in [4.78, 5) is 4.46. The number of hydrogen-bond acceptors (Lipinski definition) is 3. The number of piperazine rings is 1. The highest BCUT2D eigenvalue weighted by molar-refractivity contribution is 5.55. The standard InChI is InChI=1S/C14H22FN3/c1-11-10-18(9-8-17(11)2)14-12(6-7-16)4-3-5-13(14)15/h3-5,11H,6-10,16H2,1-2H3. The third kappa shape index (κ3) is 2.65. The van der Waals surface area contributed by atoms with Gasteiger partial charge in [-0.3, -0.25) is 0 Å². The molecule has 0 bridgehead atoms. The van der Waals surface area contributed by atoms with E-state index in [1.54, 1.807) is 12.1 Å². The summed E-state index contributed by atoms with van der Waals surface area (Å²) in [5, 5.41) is 0. The summed E-state index contributed by atoms with van der Waals surface area (Å²) in [6, 6.07) is 5.74. The van der Waals surface area contributed by atoms with E-state index in [0.29, 0.717) is 12.6 Å². The van der Waals surface area contributed by atoms with Gasteiger partial charge in [0.25, 0.3) is 0 Å². The fourth-order valence-corrected chi connectivity index (χ4v) is 2.52.